The maximum atomic E-state index is 11.0. The lowest BCUT2D eigenvalue weighted by Crippen LogP contribution is -2.41. The number of carbonyl (C=O) groups is 1. The Bertz CT molecular complexity index is 186. The smallest absolute Gasteiger partial charge is 0.307 e. The molecule has 2 unspecified atom stereocenters. The summed E-state index contributed by atoms with van der Waals surface area (Å²) >= 11 is 0. The van der Waals surface area contributed by atoms with Crippen molar-refractivity contribution < 1.29 is 9.90 Å². The average molecular weight is 229 g/mol. The Morgan fingerprint density at radius 1 is 1.12 bits per heavy atom. The van der Waals surface area contributed by atoms with Crippen LogP contribution in [0.3, 0.4) is 0 Å². The molecule has 0 rings (SSSR count). The van der Waals surface area contributed by atoms with Crippen molar-refractivity contribution in [3.8, 4) is 0 Å². The zero-order valence-corrected chi connectivity index (χ0v) is 11.2. The first-order chi connectivity index (χ1) is 7.54. The van der Waals surface area contributed by atoms with Crippen molar-refractivity contribution in [3.05, 3.63) is 0 Å². The van der Waals surface area contributed by atoms with Gasteiger partial charge < -0.3 is 5.11 Å². The monoisotopic (exact) mass is 229 g/mol. The second kappa shape index (κ2) is 8.57. The van der Waals surface area contributed by atoms with Crippen LogP contribution >= 0.6 is 0 Å². The van der Waals surface area contributed by atoms with Gasteiger partial charge in [-0.15, -0.1) is 0 Å². The van der Waals surface area contributed by atoms with E-state index in [9.17, 15) is 4.79 Å². The lowest BCUT2D eigenvalue weighted by atomic mass is 10.0. The average Bonchev–Trinajstić information content (AvgIpc) is 2.27. The highest BCUT2D eigenvalue weighted by Gasteiger charge is 2.24. The van der Waals surface area contributed by atoms with Gasteiger partial charge in [-0.1, -0.05) is 33.6 Å². The van der Waals surface area contributed by atoms with Crippen LogP contribution in [0.15, 0.2) is 0 Å². The van der Waals surface area contributed by atoms with Crippen LogP contribution in [-0.4, -0.2) is 35.1 Å². The van der Waals surface area contributed by atoms with Gasteiger partial charge in [0.15, 0.2) is 0 Å². The van der Waals surface area contributed by atoms with Gasteiger partial charge in [0.1, 0.15) is 0 Å². The first-order valence-corrected chi connectivity index (χ1v) is 6.51. The van der Waals surface area contributed by atoms with E-state index in [1.807, 2.05) is 6.92 Å². The molecule has 0 heterocycles. The molecule has 0 saturated carbocycles. The molecule has 1 N–H and O–H groups in total. The largest absolute Gasteiger partial charge is 0.481 e. The van der Waals surface area contributed by atoms with Gasteiger partial charge in [0.25, 0.3) is 0 Å². The van der Waals surface area contributed by atoms with Gasteiger partial charge in [0.2, 0.25) is 0 Å². The highest BCUT2D eigenvalue weighted by Crippen LogP contribution is 2.13. The van der Waals surface area contributed by atoms with Crippen molar-refractivity contribution in [2.75, 3.05) is 13.1 Å². The number of carboxylic acid groups (broad SMARTS) is 1. The predicted octanol–water partition coefficient (Wildman–Crippen LogP) is 3.00. The van der Waals surface area contributed by atoms with E-state index >= 15 is 0 Å². The van der Waals surface area contributed by atoms with Crippen LogP contribution in [0, 0.1) is 5.92 Å². The first kappa shape index (κ1) is 15.4. The molecule has 0 radical (unpaired) electrons. The topological polar surface area (TPSA) is 40.5 Å². The first-order valence-electron chi connectivity index (χ1n) is 6.51. The summed E-state index contributed by atoms with van der Waals surface area (Å²) in [5, 5.41) is 9.03. The maximum Gasteiger partial charge on any atom is 0.307 e. The molecule has 3 nitrogen and oxygen atoms in total. The van der Waals surface area contributed by atoms with E-state index in [4.69, 9.17) is 5.11 Å². The third-order valence-corrected chi connectivity index (χ3v) is 3.29. The molecular weight excluding hydrogens is 202 g/mol. The van der Waals surface area contributed by atoms with Crippen molar-refractivity contribution in [2.45, 2.75) is 59.4 Å². The van der Waals surface area contributed by atoms with Crippen LogP contribution in [0.5, 0.6) is 0 Å². The summed E-state index contributed by atoms with van der Waals surface area (Å²) < 4.78 is 0. The molecule has 0 bridgehead atoms. The van der Waals surface area contributed by atoms with Crippen LogP contribution < -0.4 is 0 Å². The van der Waals surface area contributed by atoms with Crippen molar-refractivity contribution >= 4 is 5.97 Å². The summed E-state index contributed by atoms with van der Waals surface area (Å²) in [4.78, 5) is 13.3. The summed E-state index contributed by atoms with van der Waals surface area (Å²) in [6.07, 6.45) is 4.63. The minimum Gasteiger partial charge on any atom is -0.481 e. The fourth-order valence-electron chi connectivity index (χ4n) is 1.76. The molecular formula is C13H27NO2. The van der Waals surface area contributed by atoms with E-state index in [0.717, 1.165) is 38.8 Å². The van der Waals surface area contributed by atoms with Gasteiger partial charge in [-0.3, -0.25) is 9.69 Å². The minimum absolute atomic E-state index is 0.135. The quantitative estimate of drug-likeness (QED) is 0.660. The molecule has 0 aliphatic rings. The van der Waals surface area contributed by atoms with E-state index in [1.165, 1.54) is 0 Å². The molecule has 0 aliphatic carbocycles. The summed E-state index contributed by atoms with van der Waals surface area (Å²) in [6, 6.07) is 0.135. The van der Waals surface area contributed by atoms with E-state index < -0.39 is 5.97 Å². The number of hydrogen-bond donors (Lipinski definition) is 1. The van der Waals surface area contributed by atoms with Crippen molar-refractivity contribution in [1.82, 2.24) is 4.90 Å². The second-order valence-corrected chi connectivity index (χ2v) is 4.61. The van der Waals surface area contributed by atoms with Gasteiger partial charge in [0, 0.05) is 6.04 Å². The van der Waals surface area contributed by atoms with Gasteiger partial charge in [-0.05, 0) is 32.9 Å². The molecule has 96 valence electrons. The molecule has 0 aromatic rings. The maximum absolute atomic E-state index is 11.0. The van der Waals surface area contributed by atoms with Crippen LogP contribution in [0.4, 0.5) is 0 Å². The standard InChI is InChI=1S/C13H27NO2/c1-5-7-9-14(10-8-6-2)12(4)11(3)13(15)16/h11-12H,5-10H2,1-4H3,(H,15,16). The SMILES string of the molecule is CCCCN(CCCC)C(C)C(C)C(=O)O. The third-order valence-electron chi connectivity index (χ3n) is 3.29. The molecule has 0 amide bonds. The Hall–Kier alpha value is -0.570. The molecule has 0 aromatic heterocycles. The molecule has 0 aromatic carbocycles. The number of rotatable bonds is 9. The van der Waals surface area contributed by atoms with Crippen molar-refractivity contribution in [3.63, 3.8) is 0 Å². The lowest BCUT2D eigenvalue weighted by molar-refractivity contribution is -0.143. The highest BCUT2D eigenvalue weighted by atomic mass is 16.4. The second-order valence-electron chi connectivity index (χ2n) is 4.61. The Morgan fingerprint density at radius 2 is 1.56 bits per heavy atom. The van der Waals surface area contributed by atoms with Crippen molar-refractivity contribution in [2.24, 2.45) is 5.92 Å². The minimum atomic E-state index is -0.689. The number of carboxylic acids is 1. The molecule has 3 heteroatoms. The molecule has 2 atom stereocenters. The van der Waals surface area contributed by atoms with Gasteiger partial charge in [0.05, 0.1) is 5.92 Å². The Labute approximate surface area is 99.8 Å². The Kier molecular flexibility index (Phi) is 8.26. The van der Waals surface area contributed by atoms with E-state index in [-0.39, 0.29) is 12.0 Å². The van der Waals surface area contributed by atoms with Crippen molar-refractivity contribution in [1.29, 1.82) is 0 Å². The van der Waals surface area contributed by atoms with E-state index in [1.54, 1.807) is 6.92 Å². The normalized spacial score (nSPS) is 15.1. The highest BCUT2D eigenvalue weighted by molar-refractivity contribution is 5.70. The Balaban J connectivity index is 4.28. The Morgan fingerprint density at radius 3 is 1.88 bits per heavy atom. The van der Waals surface area contributed by atoms with E-state index in [2.05, 4.69) is 18.7 Å². The van der Waals surface area contributed by atoms with Gasteiger partial charge in [-0.2, -0.15) is 0 Å². The van der Waals surface area contributed by atoms with Gasteiger partial charge in [-0.25, -0.2) is 0 Å². The number of aliphatic carboxylic acids is 1. The fourth-order valence-corrected chi connectivity index (χ4v) is 1.76. The fraction of sp³-hybridized carbons (Fsp3) is 0.923. The van der Waals surface area contributed by atoms with Gasteiger partial charge >= 0.3 is 5.97 Å². The summed E-state index contributed by atoms with van der Waals surface area (Å²) in [6.45, 7) is 10.2. The van der Waals surface area contributed by atoms with Crippen LogP contribution in [0.25, 0.3) is 0 Å². The lowest BCUT2D eigenvalue weighted by Gasteiger charge is -2.31. The molecule has 0 fully saturated rings. The zero-order valence-electron chi connectivity index (χ0n) is 11.2. The van der Waals surface area contributed by atoms with Crippen LogP contribution in [0.1, 0.15) is 53.4 Å². The number of nitrogens with zero attached hydrogens (tertiary/aromatic N) is 1. The summed E-state index contributed by atoms with van der Waals surface area (Å²) in [5.74, 6) is -0.973. The van der Waals surface area contributed by atoms with E-state index in [0.29, 0.717) is 0 Å². The van der Waals surface area contributed by atoms with Crippen LogP contribution in [0.2, 0.25) is 0 Å². The number of hydrogen-bond acceptors (Lipinski definition) is 2. The molecule has 0 saturated heterocycles. The molecule has 0 aliphatic heterocycles. The zero-order chi connectivity index (χ0) is 12.6. The number of unbranched alkanes of at least 4 members (excludes halogenated alkanes) is 2. The molecule has 0 spiro atoms. The van der Waals surface area contributed by atoms with Crippen LogP contribution in [-0.2, 0) is 4.79 Å². The predicted molar refractivity (Wildman–Crippen MR) is 67.7 cm³/mol. The molecule has 16 heavy (non-hydrogen) atoms. The summed E-state index contributed by atoms with van der Waals surface area (Å²) in [5.41, 5.74) is 0. The summed E-state index contributed by atoms with van der Waals surface area (Å²) in [7, 11) is 0. The third kappa shape index (κ3) is 5.50.